The second-order valence-electron chi connectivity index (χ2n) is 10.3. The zero-order chi connectivity index (χ0) is 27.1. The van der Waals surface area contributed by atoms with Crippen LogP contribution in [0.3, 0.4) is 0 Å². The van der Waals surface area contributed by atoms with Crippen molar-refractivity contribution in [2.75, 3.05) is 26.7 Å². The fourth-order valence-electron chi connectivity index (χ4n) is 4.18. The van der Waals surface area contributed by atoms with E-state index in [0.29, 0.717) is 36.7 Å². The predicted octanol–water partition coefficient (Wildman–Crippen LogP) is 3.53. The first-order valence-corrected chi connectivity index (χ1v) is 12.7. The number of benzene rings is 1. The molecule has 1 aromatic heterocycles. The summed E-state index contributed by atoms with van der Waals surface area (Å²) >= 11 is 0. The van der Waals surface area contributed by atoms with Gasteiger partial charge < -0.3 is 19.8 Å². The lowest BCUT2D eigenvalue weighted by Crippen LogP contribution is -2.49. The van der Waals surface area contributed by atoms with Crippen molar-refractivity contribution in [3.8, 4) is 17.7 Å². The van der Waals surface area contributed by atoms with Crippen LogP contribution in [0.25, 0.3) is 0 Å². The summed E-state index contributed by atoms with van der Waals surface area (Å²) in [6, 6.07) is 8.19. The first-order chi connectivity index (χ1) is 17.6. The van der Waals surface area contributed by atoms with Crippen molar-refractivity contribution in [1.82, 2.24) is 14.8 Å². The molecular weight excluding hydrogens is 470 g/mol. The Labute approximate surface area is 219 Å². The van der Waals surface area contributed by atoms with E-state index in [1.165, 1.54) is 0 Å². The molecule has 2 N–H and O–H groups in total. The van der Waals surface area contributed by atoms with Gasteiger partial charge in [0, 0.05) is 43.7 Å². The number of pyridine rings is 1. The van der Waals surface area contributed by atoms with Crippen molar-refractivity contribution < 1.29 is 24.5 Å². The maximum Gasteiger partial charge on any atom is 0.335 e. The lowest BCUT2D eigenvalue weighted by atomic mass is 9.99. The number of aliphatic hydroxyl groups excluding tert-OH is 1. The van der Waals surface area contributed by atoms with Gasteiger partial charge in [-0.3, -0.25) is 9.69 Å². The maximum absolute atomic E-state index is 13.5. The molecule has 1 aliphatic rings. The van der Waals surface area contributed by atoms with E-state index < -0.39 is 5.97 Å². The van der Waals surface area contributed by atoms with E-state index in [-0.39, 0.29) is 42.0 Å². The molecule has 3 atom stereocenters. The fourth-order valence-corrected chi connectivity index (χ4v) is 4.18. The molecule has 8 nitrogen and oxygen atoms in total. The molecule has 1 amide bonds. The smallest absolute Gasteiger partial charge is 0.335 e. The molecule has 0 bridgehead atoms. The van der Waals surface area contributed by atoms with Gasteiger partial charge in [0.2, 0.25) is 5.88 Å². The van der Waals surface area contributed by atoms with Gasteiger partial charge in [-0.15, -0.1) is 0 Å². The molecule has 1 aliphatic heterocycles. The number of nitrogens with zero attached hydrogens (tertiary/aromatic N) is 3. The lowest BCUT2D eigenvalue weighted by molar-refractivity contribution is 0.0325. The van der Waals surface area contributed by atoms with Gasteiger partial charge >= 0.3 is 5.97 Å². The van der Waals surface area contributed by atoms with E-state index in [0.717, 1.165) is 12.0 Å². The molecule has 2 aromatic rings. The number of ether oxygens (including phenoxy) is 1. The number of amides is 1. The summed E-state index contributed by atoms with van der Waals surface area (Å²) in [7, 11) is 1.97. The zero-order valence-corrected chi connectivity index (χ0v) is 22.3. The number of likely N-dealkylation sites (N-methyl/N-ethyl adjacent to an activating group) is 1. The van der Waals surface area contributed by atoms with Crippen LogP contribution in [0, 0.1) is 23.7 Å². The molecule has 8 heteroatoms. The molecule has 0 fully saturated rings. The number of aromatic carboxylic acids is 1. The highest BCUT2D eigenvalue weighted by atomic mass is 16.5. The summed E-state index contributed by atoms with van der Waals surface area (Å²) in [5.41, 5.74) is 2.24. The van der Waals surface area contributed by atoms with Crippen molar-refractivity contribution >= 4 is 11.9 Å². The van der Waals surface area contributed by atoms with Crippen LogP contribution >= 0.6 is 0 Å². The third kappa shape index (κ3) is 7.54. The van der Waals surface area contributed by atoms with Crippen molar-refractivity contribution in [3.05, 3.63) is 58.8 Å². The Kier molecular flexibility index (Phi) is 9.67. The average Bonchev–Trinajstić information content (AvgIpc) is 2.86. The highest BCUT2D eigenvalue weighted by Crippen LogP contribution is 2.27. The van der Waals surface area contributed by atoms with E-state index >= 15 is 0 Å². The number of carbonyl (C=O) groups is 2. The maximum atomic E-state index is 13.5. The number of rotatable bonds is 8. The van der Waals surface area contributed by atoms with Gasteiger partial charge in [0.25, 0.3) is 5.91 Å². The molecule has 0 saturated heterocycles. The van der Waals surface area contributed by atoms with E-state index in [4.69, 9.17) is 9.84 Å². The normalized spacial score (nSPS) is 18.4. The summed E-state index contributed by atoms with van der Waals surface area (Å²) in [5.74, 6) is 5.74. The van der Waals surface area contributed by atoms with Crippen LogP contribution in [-0.4, -0.2) is 75.8 Å². The van der Waals surface area contributed by atoms with Gasteiger partial charge in [0.05, 0.1) is 18.2 Å². The first-order valence-electron chi connectivity index (χ1n) is 12.7. The molecular formula is C29H37N3O5. The summed E-state index contributed by atoms with van der Waals surface area (Å²) in [6.45, 7) is 9.50. The predicted molar refractivity (Wildman–Crippen MR) is 141 cm³/mol. The number of aromatic nitrogens is 1. The Balaban J connectivity index is 1.86. The summed E-state index contributed by atoms with van der Waals surface area (Å²) < 4.78 is 6.35. The van der Waals surface area contributed by atoms with Crippen molar-refractivity contribution in [3.63, 3.8) is 0 Å². The monoisotopic (exact) mass is 507 g/mol. The Hall–Kier alpha value is -3.41. The minimum Gasteiger partial charge on any atom is -0.478 e. The SMILES string of the molecule is CC(C)CC#Cc1cnc2c(c1)C(=O)N([C@H](C)CO)C[C@H](C)[C@@H](CN(C)Cc1ccc(C(=O)O)cc1)O2. The minimum atomic E-state index is -0.951. The van der Waals surface area contributed by atoms with Crippen LogP contribution in [0.2, 0.25) is 0 Å². The van der Waals surface area contributed by atoms with Crippen LogP contribution < -0.4 is 4.74 Å². The van der Waals surface area contributed by atoms with E-state index in [9.17, 15) is 14.7 Å². The Morgan fingerprint density at radius 2 is 1.97 bits per heavy atom. The van der Waals surface area contributed by atoms with Gasteiger partial charge in [-0.2, -0.15) is 0 Å². The van der Waals surface area contributed by atoms with E-state index in [1.54, 1.807) is 29.3 Å². The Bertz CT molecular complexity index is 1150. The Morgan fingerprint density at radius 1 is 1.27 bits per heavy atom. The number of hydrogen-bond acceptors (Lipinski definition) is 6. The summed E-state index contributed by atoms with van der Waals surface area (Å²) in [5, 5.41) is 19.0. The Morgan fingerprint density at radius 3 is 2.59 bits per heavy atom. The zero-order valence-electron chi connectivity index (χ0n) is 22.3. The summed E-state index contributed by atoms with van der Waals surface area (Å²) in [6.07, 6.45) is 2.12. The fraction of sp³-hybridized carbons (Fsp3) is 0.483. The molecule has 0 radical (unpaired) electrons. The van der Waals surface area contributed by atoms with Crippen molar-refractivity contribution in [1.29, 1.82) is 0 Å². The quantitative estimate of drug-likeness (QED) is 0.527. The van der Waals surface area contributed by atoms with Crippen LogP contribution in [0.1, 0.15) is 66.0 Å². The van der Waals surface area contributed by atoms with Gasteiger partial charge in [-0.05, 0) is 43.7 Å². The first kappa shape index (κ1) is 28.2. The third-order valence-electron chi connectivity index (χ3n) is 6.41. The van der Waals surface area contributed by atoms with Crippen LogP contribution in [-0.2, 0) is 6.54 Å². The lowest BCUT2D eigenvalue weighted by Gasteiger charge is -2.37. The summed E-state index contributed by atoms with van der Waals surface area (Å²) in [4.78, 5) is 32.9. The van der Waals surface area contributed by atoms with Crippen molar-refractivity contribution in [2.24, 2.45) is 11.8 Å². The molecule has 1 aromatic carbocycles. The second-order valence-corrected chi connectivity index (χ2v) is 10.3. The molecule has 37 heavy (non-hydrogen) atoms. The third-order valence-corrected chi connectivity index (χ3v) is 6.41. The number of aliphatic hydroxyl groups is 1. The molecule has 0 aliphatic carbocycles. The molecule has 2 heterocycles. The van der Waals surface area contributed by atoms with E-state index in [1.807, 2.05) is 33.0 Å². The molecule has 0 spiro atoms. The van der Waals surface area contributed by atoms with Crippen LogP contribution in [0.15, 0.2) is 36.5 Å². The van der Waals surface area contributed by atoms with Crippen molar-refractivity contribution in [2.45, 2.75) is 52.8 Å². The van der Waals surface area contributed by atoms with Crippen LogP contribution in [0.5, 0.6) is 5.88 Å². The minimum absolute atomic E-state index is 0.0322. The number of fused-ring (bicyclic) bond motifs is 1. The number of carboxylic acids is 1. The molecule has 3 rings (SSSR count). The molecule has 198 valence electrons. The molecule has 0 saturated carbocycles. The van der Waals surface area contributed by atoms with Gasteiger partial charge in [0.1, 0.15) is 11.7 Å². The highest BCUT2D eigenvalue weighted by molar-refractivity contribution is 5.97. The van der Waals surface area contributed by atoms with Gasteiger partial charge in [-0.25, -0.2) is 9.78 Å². The molecule has 0 unspecified atom stereocenters. The van der Waals surface area contributed by atoms with E-state index in [2.05, 4.69) is 35.6 Å². The second kappa shape index (κ2) is 12.7. The standard InChI is InChI=1S/C29H37N3O5/c1-19(2)7-6-8-23-13-25-27(30-14-23)37-26(20(3)15-32(28(25)34)21(4)18-33)17-31(5)16-22-9-11-24(12-10-22)29(35)36/h9-14,19-21,26,33H,7,15-18H2,1-5H3,(H,35,36)/t20-,21+,26+/m0/s1. The largest absolute Gasteiger partial charge is 0.478 e. The number of carboxylic acid groups (broad SMARTS) is 1. The average molecular weight is 508 g/mol. The topological polar surface area (TPSA) is 103 Å². The highest BCUT2D eigenvalue weighted by Gasteiger charge is 2.34. The number of hydrogen-bond donors (Lipinski definition) is 2. The number of carbonyl (C=O) groups excluding carboxylic acids is 1. The van der Waals surface area contributed by atoms with Gasteiger partial charge in [-0.1, -0.05) is 44.7 Å². The van der Waals surface area contributed by atoms with Gasteiger partial charge in [0.15, 0.2) is 0 Å². The van der Waals surface area contributed by atoms with Crippen LogP contribution in [0.4, 0.5) is 0 Å².